The van der Waals surface area contributed by atoms with Crippen LogP contribution in [0.5, 0.6) is 0 Å². The molecule has 2 aromatic rings. The number of nitrogens with one attached hydrogen (secondary N) is 1. The van der Waals surface area contributed by atoms with E-state index in [0.717, 1.165) is 17.4 Å². The van der Waals surface area contributed by atoms with E-state index in [-0.39, 0.29) is 22.2 Å². The number of aromatic carboxylic acids is 1. The highest BCUT2D eigenvalue weighted by Crippen LogP contribution is 2.21. The maximum atomic E-state index is 11.8. The number of hydrogen-bond acceptors (Lipinski definition) is 5. The predicted octanol–water partition coefficient (Wildman–Crippen LogP) is 2.51. The summed E-state index contributed by atoms with van der Waals surface area (Å²) in [6.07, 6.45) is 1.46. The first kappa shape index (κ1) is 14.1. The molecule has 1 heterocycles. The lowest BCUT2D eigenvalue weighted by atomic mass is 10.3. The normalized spacial score (nSPS) is 10.0. The zero-order valence-corrected chi connectivity index (χ0v) is 11.3. The van der Waals surface area contributed by atoms with Crippen LogP contribution in [-0.2, 0) is 4.79 Å². The molecule has 0 saturated heterocycles. The van der Waals surface area contributed by atoms with Gasteiger partial charge >= 0.3 is 5.97 Å². The van der Waals surface area contributed by atoms with Crippen LogP contribution in [0.2, 0.25) is 0 Å². The Balaban J connectivity index is 1.97. The molecule has 102 valence electrons. The Bertz CT molecular complexity index is 617. The first-order valence-corrected chi connectivity index (χ1v) is 6.66. The van der Waals surface area contributed by atoms with Crippen molar-refractivity contribution in [3.05, 3.63) is 54.2 Å². The topological polar surface area (TPSA) is 79.3 Å². The van der Waals surface area contributed by atoms with E-state index in [2.05, 4.69) is 10.3 Å². The number of rotatable bonds is 5. The molecular formula is C14H12N2O3S. The molecule has 0 atom stereocenters. The highest BCUT2D eigenvalue weighted by molar-refractivity contribution is 8.13. The van der Waals surface area contributed by atoms with Gasteiger partial charge in [0.05, 0.1) is 12.1 Å². The van der Waals surface area contributed by atoms with E-state index in [1.807, 2.05) is 30.3 Å². The summed E-state index contributed by atoms with van der Waals surface area (Å²) in [4.78, 5) is 26.8. The molecule has 0 bridgehead atoms. The number of carbonyl (C=O) groups is 2. The van der Waals surface area contributed by atoms with Gasteiger partial charge in [0.2, 0.25) is 5.12 Å². The molecule has 5 nitrogen and oxygen atoms in total. The number of thioether (sulfide) groups is 1. The molecule has 2 N–H and O–H groups in total. The van der Waals surface area contributed by atoms with Gasteiger partial charge in [-0.25, -0.2) is 9.78 Å². The fraction of sp³-hybridized carbons (Fsp3) is 0.0714. The van der Waals surface area contributed by atoms with E-state index in [9.17, 15) is 9.59 Å². The SMILES string of the molecule is O=C(CNc1ccccc1)Sc1ncccc1C(=O)O. The van der Waals surface area contributed by atoms with Crippen LogP contribution in [0, 0.1) is 0 Å². The molecule has 0 unspecified atom stereocenters. The molecule has 1 aromatic carbocycles. The van der Waals surface area contributed by atoms with Crippen LogP contribution in [0.3, 0.4) is 0 Å². The Labute approximate surface area is 120 Å². The van der Waals surface area contributed by atoms with Crippen LogP contribution in [0.4, 0.5) is 5.69 Å². The highest BCUT2D eigenvalue weighted by atomic mass is 32.2. The number of nitrogens with zero attached hydrogens (tertiary/aromatic N) is 1. The van der Waals surface area contributed by atoms with Crippen molar-refractivity contribution >= 4 is 28.5 Å². The monoisotopic (exact) mass is 288 g/mol. The smallest absolute Gasteiger partial charge is 0.338 e. The largest absolute Gasteiger partial charge is 0.478 e. The van der Waals surface area contributed by atoms with E-state index < -0.39 is 5.97 Å². The molecule has 0 aliphatic heterocycles. The second kappa shape index (κ2) is 6.72. The highest BCUT2D eigenvalue weighted by Gasteiger charge is 2.14. The van der Waals surface area contributed by atoms with E-state index in [4.69, 9.17) is 5.11 Å². The van der Waals surface area contributed by atoms with Gasteiger partial charge in [-0.1, -0.05) is 18.2 Å². The minimum atomic E-state index is -1.09. The van der Waals surface area contributed by atoms with E-state index in [1.54, 1.807) is 0 Å². The first-order chi connectivity index (χ1) is 9.66. The molecule has 6 heteroatoms. The van der Waals surface area contributed by atoms with E-state index in [1.165, 1.54) is 18.3 Å². The van der Waals surface area contributed by atoms with Gasteiger partial charge in [0, 0.05) is 11.9 Å². The third-order valence-corrected chi connectivity index (χ3v) is 3.31. The first-order valence-electron chi connectivity index (χ1n) is 5.85. The molecule has 0 amide bonds. The van der Waals surface area contributed by atoms with Crippen molar-refractivity contribution in [2.75, 3.05) is 11.9 Å². The van der Waals surface area contributed by atoms with Crippen LogP contribution < -0.4 is 5.32 Å². The van der Waals surface area contributed by atoms with Gasteiger partial charge in [-0.3, -0.25) is 4.79 Å². The van der Waals surface area contributed by atoms with Crippen LogP contribution in [0.25, 0.3) is 0 Å². The fourth-order valence-corrected chi connectivity index (χ4v) is 2.25. The molecule has 2 rings (SSSR count). The van der Waals surface area contributed by atoms with Gasteiger partial charge in [0.1, 0.15) is 5.03 Å². The molecular weight excluding hydrogens is 276 g/mol. The Morgan fingerprint density at radius 1 is 1.15 bits per heavy atom. The van der Waals surface area contributed by atoms with Crippen molar-refractivity contribution in [1.82, 2.24) is 4.98 Å². The second-order valence-electron chi connectivity index (χ2n) is 3.85. The number of benzene rings is 1. The van der Waals surface area contributed by atoms with Crippen molar-refractivity contribution in [1.29, 1.82) is 0 Å². The van der Waals surface area contributed by atoms with Gasteiger partial charge in [0.25, 0.3) is 0 Å². The standard InChI is InChI=1S/C14H12N2O3S/c17-12(9-16-10-5-2-1-3-6-10)20-13-11(14(18)19)7-4-8-15-13/h1-8,16H,9H2,(H,18,19). The summed E-state index contributed by atoms with van der Waals surface area (Å²) in [5, 5.41) is 12.0. The lowest BCUT2D eigenvalue weighted by Crippen LogP contribution is -2.11. The molecule has 20 heavy (non-hydrogen) atoms. The number of anilines is 1. The Morgan fingerprint density at radius 3 is 2.60 bits per heavy atom. The maximum Gasteiger partial charge on any atom is 0.338 e. The van der Waals surface area contributed by atoms with Crippen molar-refractivity contribution in [3.8, 4) is 0 Å². The van der Waals surface area contributed by atoms with Crippen molar-refractivity contribution in [3.63, 3.8) is 0 Å². The average Bonchev–Trinajstić information content (AvgIpc) is 2.46. The summed E-state index contributed by atoms with van der Waals surface area (Å²) in [5.41, 5.74) is 0.867. The van der Waals surface area contributed by atoms with Gasteiger partial charge in [-0.05, 0) is 36.0 Å². The number of aromatic nitrogens is 1. The van der Waals surface area contributed by atoms with E-state index in [0.29, 0.717) is 0 Å². The zero-order valence-electron chi connectivity index (χ0n) is 10.4. The third kappa shape index (κ3) is 3.83. The Kier molecular flexibility index (Phi) is 4.73. The number of hydrogen-bond donors (Lipinski definition) is 2. The number of pyridine rings is 1. The lowest BCUT2D eigenvalue weighted by molar-refractivity contribution is -0.109. The number of carbonyl (C=O) groups excluding carboxylic acids is 1. The Hall–Kier alpha value is -2.34. The molecule has 0 saturated carbocycles. The maximum absolute atomic E-state index is 11.8. The summed E-state index contributed by atoms with van der Waals surface area (Å²) in [6.45, 7) is 0.102. The number of carboxylic acids is 1. The quantitative estimate of drug-likeness (QED) is 0.823. The summed E-state index contributed by atoms with van der Waals surface area (Å²) in [7, 11) is 0. The lowest BCUT2D eigenvalue weighted by Gasteiger charge is -2.06. The third-order valence-electron chi connectivity index (χ3n) is 2.42. The van der Waals surface area contributed by atoms with Crippen LogP contribution in [0.1, 0.15) is 10.4 Å². The fourth-order valence-electron chi connectivity index (χ4n) is 1.51. The average molecular weight is 288 g/mol. The van der Waals surface area contributed by atoms with E-state index >= 15 is 0 Å². The molecule has 0 aliphatic rings. The van der Waals surface area contributed by atoms with Gasteiger partial charge in [-0.2, -0.15) is 0 Å². The minimum Gasteiger partial charge on any atom is -0.478 e. The van der Waals surface area contributed by atoms with Gasteiger partial charge < -0.3 is 10.4 Å². The van der Waals surface area contributed by atoms with Crippen molar-refractivity contribution < 1.29 is 14.7 Å². The molecule has 0 fully saturated rings. The molecule has 0 aliphatic carbocycles. The zero-order chi connectivity index (χ0) is 14.4. The van der Waals surface area contributed by atoms with Crippen LogP contribution in [0.15, 0.2) is 53.7 Å². The summed E-state index contributed by atoms with van der Waals surface area (Å²) in [6, 6.07) is 12.3. The van der Waals surface area contributed by atoms with Crippen molar-refractivity contribution in [2.45, 2.75) is 5.03 Å². The van der Waals surface area contributed by atoms with Crippen LogP contribution in [-0.4, -0.2) is 27.7 Å². The van der Waals surface area contributed by atoms with Crippen LogP contribution >= 0.6 is 11.8 Å². The minimum absolute atomic E-state index is 0.0329. The van der Waals surface area contributed by atoms with Gasteiger partial charge in [0.15, 0.2) is 0 Å². The molecule has 0 spiro atoms. The number of carboxylic acid groups (broad SMARTS) is 1. The summed E-state index contributed by atoms with van der Waals surface area (Å²) in [5.74, 6) is -1.09. The summed E-state index contributed by atoms with van der Waals surface area (Å²) < 4.78 is 0. The summed E-state index contributed by atoms with van der Waals surface area (Å²) >= 11 is 0.824. The Morgan fingerprint density at radius 2 is 1.90 bits per heavy atom. The molecule has 0 radical (unpaired) electrons. The van der Waals surface area contributed by atoms with Crippen molar-refractivity contribution in [2.24, 2.45) is 0 Å². The second-order valence-corrected chi connectivity index (χ2v) is 4.90. The van der Waals surface area contributed by atoms with Gasteiger partial charge in [-0.15, -0.1) is 0 Å². The number of para-hydroxylation sites is 1. The predicted molar refractivity (Wildman–Crippen MR) is 77.0 cm³/mol. The molecule has 1 aromatic heterocycles.